The summed E-state index contributed by atoms with van der Waals surface area (Å²) in [7, 11) is 2.08. The van der Waals surface area contributed by atoms with Gasteiger partial charge in [-0.3, -0.25) is 10.3 Å². The van der Waals surface area contributed by atoms with Gasteiger partial charge < -0.3 is 10.5 Å². The van der Waals surface area contributed by atoms with Crippen molar-refractivity contribution in [3.05, 3.63) is 34.3 Å². The number of hydrogen-bond acceptors (Lipinski definition) is 3. The SMILES string of the molecule is CN(Cc1ccc(C(=N)N)cc1Cl)CC1CCCCO1. The first kappa shape index (κ1) is 15.3. The quantitative estimate of drug-likeness (QED) is 0.648. The molecule has 0 bridgehead atoms. The van der Waals surface area contributed by atoms with Crippen LogP contribution in [0.15, 0.2) is 18.2 Å². The van der Waals surface area contributed by atoms with E-state index in [1.165, 1.54) is 12.8 Å². The summed E-state index contributed by atoms with van der Waals surface area (Å²) in [6.45, 7) is 2.58. The molecule has 1 aliphatic rings. The highest BCUT2D eigenvalue weighted by atomic mass is 35.5. The van der Waals surface area contributed by atoms with E-state index in [2.05, 4.69) is 11.9 Å². The molecule has 3 N–H and O–H groups in total. The maximum Gasteiger partial charge on any atom is 0.122 e. The summed E-state index contributed by atoms with van der Waals surface area (Å²) in [4.78, 5) is 2.23. The molecule has 4 nitrogen and oxygen atoms in total. The number of halogens is 1. The van der Waals surface area contributed by atoms with Crippen molar-refractivity contribution in [3.63, 3.8) is 0 Å². The van der Waals surface area contributed by atoms with Crippen LogP contribution in [0.2, 0.25) is 5.02 Å². The van der Waals surface area contributed by atoms with Gasteiger partial charge in [-0.1, -0.05) is 23.7 Å². The number of likely N-dealkylation sites (N-methyl/N-ethyl adjacent to an activating group) is 1. The van der Waals surface area contributed by atoms with Crippen molar-refractivity contribution in [2.45, 2.75) is 31.9 Å². The Morgan fingerprint density at radius 1 is 1.50 bits per heavy atom. The van der Waals surface area contributed by atoms with Gasteiger partial charge in [-0.05, 0) is 37.9 Å². The van der Waals surface area contributed by atoms with Crippen LogP contribution in [-0.4, -0.2) is 37.0 Å². The largest absolute Gasteiger partial charge is 0.384 e. The van der Waals surface area contributed by atoms with E-state index < -0.39 is 0 Å². The summed E-state index contributed by atoms with van der Waals surface area (Å²) in [6.07, 6.45) is 3.91. The van der Waals surface area contributed by atoms with E-state index in [9.17, 15) is 0 Å². The van der Waals surface area contributed by atoms with Crippen molar-refractivity contribution in [2.75, 3.05) is 20.2 Å². The summed E-state index contributed by atoms with van der Waals surface area (Å²) in [5.74, 6) is 0.0439. The molecular formula is C15H22ClN3O. The Bertz CT molecular complexity index is 472. The molecule has 1 heterocycles. The third-order valence-electron chi connectivity index (χ3n) is 3.59. The topological polar surface area (TPSA) is 62.3 Å². The van der Waals surface area contributed by atoms with Crippen LogP contribution in [-0.2, 0) is 11.3 Å². The molecule has 0 spiro atoms. The Morgan fingerprint density at radius 3 is 2.90 bits per heavy atom. The first-order valence-corrected chi connectivity index (χ1v) is 7.37. The summed E-state index contributed by atoms with van der Waals surface area (Å²) in [6, 6.07) is 5.54. The summed E-state index contributed by atoms with van der Waals surface area (Å²) in [5, 5.41) is 8.07. The molecule has 1 aromatic rings. The molecule has 1 saturated heterocycles. The number of amidine groups is 1. The number of benzene rings is 1. The van der Waals surface area contributed by atoms with Crippen LogP contribution in [0.3, 0.4) is 0 Å². The zero-order valence-electron chi connectivity index (χ0n) is 11.9. The Hall–Kier alpha value is -1.10. The minimum absolute atomic E-state index is 0.0439. The molecule has 110 valence electrons. The highest BCUT2D eigenvalue weighted by molar-refractivity contribution is 6.31. The van der Waals surface area contributed by atoms with Gasteiger partial charge in [-0.15, -0.1) is 0 Å². The number of nitrogens with two attached hydrogens (primary N) is 1. The van der Waals surface area contributed by atoms with Crippen molar-refractivity contribution in [3.8, 4) is 0 Å². The lowest BCUT2D eigenvalue weighted by Gasteiger charge is -2.27. The highest BCUT2D eigenvalue weighted by Crippen LogP contribution is 2.20. The van der Waals surface area contributed by atoms with Gasteiger partial charge in [0.2, 0.25) is 0 Å². The van der Waals surface area contributed by atoms with E-state index in [0.717, 1.165) is 31.7 Å². The first-order chi connectivity index (χ1) is 9.56. The first-order valence-electron chi connectivity index (χ1n) is 6.99. The molecule has 5 heteroatoms. The number of nitrogens with zero attached hydrogens (tertiary/aromatic N) is 1. The van der Waals surface area contributed by atoms with Gasteiger partial charge >= 0.3 is 0 Å². The van der Waals surface area contributed by atoms with Crippen LogP contribution in [0.25, 0.3) is 0 Å². The lowest BCUT2D eigenvalue weighted by atomic mass is 10.1. The molecule has 0 saturated carbocycles. The highest BCUT2D eigenvalue weighted by Gasteiger charge is 2.16. The Labute approximate surface area is 125 Å². The molecule has 20 heavy (non-hydrogen) atoms. The van der Waals surface area contributed by atoms with E-state index in [0.29, 0.717) is 16.7 Å². The second kappa shape index (κ2) is 7.07. The fourth-order valence-corrected chi connectivity index (χ4v) is 2.74. The third kappa shape index (κ3) is 4.20. The normalized spacial score (nSPS) is 19.2. The molecule has 1 atom stereocenters. The molecule has 0 amide bonds. The molecule has 0 aliphatic carbocycles. The minimum Gasteiger partial charge on any atom is -0.384 e. The van der Waals surface area contributed by atoms with Gasteiger partial charge in [-0.2, -0.15) is 0 Å². The van der Waals surface area contributed by atoms with Crippen LogP contribution in [0.4, 0.5) is 0 Å². The van der Waals surface area contributed by atoms with Gasteiger partial charge in [0, 0.05) is 30.3 Å². The number of nitrogen functional groups attached to an aromatic ring is 1. The number of ether oxygens (including phenoxy) is 1. The van der Waals surface area contributed by atoms with Gasteiger partial charge in [0.1, 0.15) is 5.84 Å². The van der Waals surface area contributed by atoms with Crippen LogP contribution >= 0.6 is 11.6 Å². The predicted octanol–water partition coefficient (Wildman–Crippen LogP) is 2.62. The summed E-state index contributed by atoms with van der Waals surface area (Å²) >= 11 is 6.25. The monoisotopic (exact) mass is 295 g/mol. The van der Waals surface area contributed by atoms with Gasteiger partial charge in [0.05, 0.1) is 6.10 Å². The molecule has 1 fully saturated rings. The molecule has 1 aromatic carbocycles. The molecule has 2 rings (SSSR count). The Morgan fingerprint density at radius 2 is 2.30 bits per heavy atom. The standard InChI is InChI=1S/C15H22ClN3O/c1-19(10-13-4-2-3-7-20-13)9-12-6-5-11(15(17)18)8-14(12)16/h5-6,8,13H,2-4,7,9-10H2,1H3,(H3,17,18). The summed E-state index contributed by atoms with van der Waals surface area (Å²) in [5.41, 5.74) is 7.17. The lowest BCUT2D eigenvalue weighted by molar-refractivity contribution is -0.00258. The van der Waals surface area contributed by atoms with Crippen LogP contribution in [0.1, 0.15) is 30.4 Å². The van der Waals surface area contributed by atoms with Gasteiger partial charge in [0.25, 0.3) is 0 Å². The second-order valence-corrected chi connectivity index (χ2v) is 5.81. The average Bonchev–Trinajstić information content (AvgIpc) is 2.42. The van der Waals surface area contributed by atoms with E-state index >= 15 is 0 Å². The van der Waals surface area contributed by atoms with E-state index in [4.69, 9.17) is 27.5 Å². The van der Waals surface area contributed by atoms with Crippen molar-refractivity contribution in [1.29, 1.82) is 5.41 Å². The van der Waals surface area contributed by atoms with Crippen LogP contribution < -0.4 is 5.73 Å². The van der Waals surface area contributed by atoms with E-state index in [-0.39, 0.29) is 5.84 Å². The van der Waals surface area contributed by atoms with Crippen molar-refractivity contribution < 1.29 is 4.74 Å². The Kier molecular flexibility index (Phi) is 5.40. The number of nitrogens with one attached hydrogen (secondary N) is 1. The zero-order valence-corrected chi connectivity index (χ0v) is 12.6. The fourth-order valence-electron chi connectivity index (χ4n) is 2.50. The summed E-state index contributed by atoms with van der Waals surface area (Å²) < 4.78 is 5.75. The smallest absolute Gasteiger partial charge is 0.122 e. The van der Waals surface area contributed by atoms with Gasteiger partial charge in [-0.25, -0.2) is 0 Å². The number of rotatable bonds is 5. The lowest BCUT2D eigenvalue weighted by Crippen LogP contribution is -2.33. The van der Waals surface area contributed by atoms with Crippen molar-refractivity contribution in [1.82, 2.24) is 4.90 Å². The second-order valence-electron chi connectivity index (χ2n) is 5.41. The molecule has 1 unspecified atom stereocenters. The van der Waals surface area contributed by atoms with E-state index in [1.807, 2.05) is 12.1 Å². The predicted molar refractivity (Wildman–Crippen MR) is 82.4 cm³/mol. The maximum atomic E-state index is 7.41. The molecule has 0 aromatic heterocycles. The van der Waals surface area contributed by atoms with Crippen LogP contribution in [0.5, 0.6) is 0 Å². The van der Waals surface area contributed by atoms with Crippen molar-refractivity contribution in [2.24, 2.45) is 5.73 Å². The third-order valence-corrected chi connectivity index (χ3v) is 3.95. The van der Waals surface area contributed by atoms with Crippen LogP contribution in [0, 0.1) is 5.41 Å². The average molecular weight is 296 g/mol. The molecule has 0 radical (unpaired) electrons. The minimum atomic E-state index is 0.0439. The zero-order chi connectivity index (χ0) is 14.5. The molecule has 1 aliphatic heterocycles. The molecular weight excluding hydrogens is 274 g/mol. The fraction of sp³-hybridized carbons (Fsp3) is 0.533. The number of hydrogen-bond donors (Lipinski definition) is 2. The van der Waals surface area contributed by atoms with Gasteiger partial charge in [0.15, 0.2) is 0 Å². The maximum absolute atomic E-state index is 7.41. The Balaban J connectivity index is 1.93. The van der Waals surface area contributed by atoms with Crippen molar-refractivity contribution >= 4 is 17.4 Å². The van der Waals surface area contributed by atoms with E-state index in [1.54, 1.807) is 6.07 Å².